The molecule has 0 bridgehead atoms. The number of aromatic nitrogens is 3. The molecular weight excluding hydrogens is 334 g/mol. The Morgan fingerprint density at radius 1 is 1.42 bits per heavy atom. The van der Waals surface area contributed by atoms with Crippen molar-refractivity contribution in [1.29, 1.82) is 0 Å². The number of ether oxygens (including phenoxy) is 2. The van der Waals surface area contributed by atoms with Crippen LogP contribution in [0.1, 0.15) is 5.82 Å². The minimum atomic E-state index is -0.451. The Bertz CT molecular complexity index is 655. The van der Waals surface area contributed by atoms with Crippen LogP contribution in [0.25, 0.3) is 11.4 Å². The van der Waals surface area contributed by atoms with Crippen LogP contribution in [-0.2, 0) is 16.1 Å². The normalized spacial score (nSPS) is 17.0. The highest BCUT2D eigenvalue weighted by atomic mass is 35.5. The summed E-state index contributed by atoms with van der Waals surface area (Å²) in [5.74, 6) is 1.79. The predicted molar refractivity (Wildman–Crippen MR) is 90.1 cm³/mol. The summed E-state index contributed by atoms with van der Waals surface area (Å²) in [5.41, 5.74) is 0.874. The highest BCUT2D eigenvalue weighted by Crippen LogP contribution is 2.18. The number of rotatable bonds is 5. The van der Waals surface area contributed by atoms with Crippen molar-refractivity contribution in [1.82, 2.24) is 25.8 Å². The second-order valence-corrected chi connectivity index (χ2v) is 5.12. The molecule has 3 N–H and O–H groups in total. The third-order valence-electron chi connectivity index (χ3n) is 3.53. The van der Waals surface area contributed by atoms with Crippen molar-refractivity contribution < 1.29 is 14.3 Å². The second kappa shape index (κ2) is 8.62. The lowest BCUT2D eigenvalue weighted by Gasteiger charge is -2.22. The first-order chi connectivity index (χ1) is 11.3. The Morgan fingerprint density at radius 3 is 2.88 bits per heavy atom. The van der Waals surface area contributed by atoms with Crippen LogP contribution in [0, 0.1) is 0 Å². The third kappa shape index (κ3) is 4.44. The number of hydrogen-bond acceptors (Lipinski definition) is 6. The van der Waals surface area contributed by atoms with E-state index in [0.29, 0.717) is 24.8 Å². The minimum absolute atomic E-state index is 0. The molecule has 1 aromatic heterocycles. The summed E-state index contributed by atoms with van der Waals surface area (Å²) in [6, 6.07) is 7.46. The molecule has 1 aliphatic rings. The van der Waals surface area contributed by atoms with Crippen molar-refractivity contribution in [2.45, 2.75) is 12.6 Å². The first-order valence-corrected chi connectivity index (χ1v) is 7.42. The van der Waals surface area contributed by atoms with Gasteiger partial charge in [-0.25, -0.2) is 4.98 Å². The zero-order valence-electron chi connectivity index (χ0n) is 13.2. The van der Waals surface area contributed by atoms with Gasteiger partial charge >= 0.3 is 0 Å². The molecular formula is C15H20ClN5O3. The monoisotopic (exact) mass is 353 g/mol. The van der Waals surface area contributed by atoms with Crippen molar-refractivity contribution >= 4 is 18.3 Å². The van der Waals surface area contributed by atoms with Crippen molar-refractivity contribution in [2.24, 2.45) is 0 Å². The number of carbonyl (C=O) groups is 1. The molecule has 1 unspecified atom stereocenters. The molecule has 8 nitrogen and oxygen atoms in total. The highest BCUT2D eigenvalue weighted by molar-refractivity contribution is 5.85. The topological polar surface area (TPSA) is 101 Å². The lowest BCUT2D eigenvalue weighted by molar-refractivity contribution is -0.134. The number of nitrogens with one attached hydrogen (secondary N) is 3. The van der Waals surface area contributed by atoms with E-state index in [9.17, 15) is 4.79 Å². The third-order valence-corrected chi connectivity index (χ3v) is 3.53. The predicted octanol–water partition coefficient (Wildman–Crippen LogP) is 0.507. The van der Waals surface area contributed by atoms with E-state index in [1.165, 1.54) is 0 Å². The molecule has 0 spiro atoms. The lowest BCUT2D eigenvalue weighted by Crippen LogP contribution is -2.47. The number of methoxy groups -OCH3 is 1. The van der Waals surface area contributed by atoms with Crippen molar-refractivity contribution in [3.63, 3.8) is 0 Å². The van der Waals surface area contributed by atoms with Gasteiger partial charge in [-0.15, -0.1) is 12.4 Å². The van der Waals surface area contributed by atoms with Gasteiger partial charge in [-0.3, -0.25) is 9.89 Å². The molecule has 2 aromatic rings. The van der Waals surface area contributed by atoms with Crippen molar-refractivity contribution in [3.05, 3.63) is 30.1 Å². The van der Waals surface area contributed by atoms with Gasteiger partial charge in [0.2, 0.25) is 0 Å². The summed E-state index contributed by atoms with van der Waals surface area (Å²) in [4.78, 5) is 16.3. The van der Waals surface area contributed by atoms with E-state index in [2.05, 4.69) is 25.8 Å². The van der Waals surface area contributed by atoms with Crippen LogP contribution in [0.3, 0.4) is 0 Å². The Hall–Kier alpha value is -2.16. The van der Waals surface area contributed by atoms with Crippen molar-refractivity contribution in [3.8, 4) is 17.1 Å². The molecule has 0 saturated carbocycles. The van der Waals surface area contributed by atoms with E-state index in [1.54, 1.807) is 7.11 Å². The Morgan fingerprint density at radius 2 is 2.21 bits per heavy atom. The number of hydrogen-bond donors (Lipinski definition) is 3. The van der Waals surface area contributed by atoms with Gasteiger partial charge in [-0.2, -0.15) is 5.10 Å². The highest BCUT2D eigenvalue weighted by Gasteiger charge is 2.21. The Kier molecular flexibility index (Phi) is 6.53. The van der Waals surface area contributed by atoms with Crippen LogP contribution in [0.2, 0.25) is 0 Å². The largest absolute Gasteiger partial charge is 0.497 e. The van der Waals surface area contributed by atoms with E-state index in [0.717, 1.165) is 17.9 Å². The number of H-pyrrole nitrogens is 1. The van der Waals surface area contributed by atoms with Crippen LogP contribution < -0.4 is 15.4 Å². The maximum atomic E-state index is 12.0. The van der Waals surface area contributed by atoms with Gasteiger partial charge in [0.25, 0.3) is 5.91 Å². The van der Waals surface area contributed by atoms with Crippen LogP contribution in [0.4, 0.5) is 0 Å². The van der Waals surface area contributed by atoms with Gasteiger partial charge in [-0.05, 0) is 24.3 Å². The Balaban J connectivity index is 0.00000208. The first-order valence-electron chi connectivity index (χ1n) is 7.42. The molecule has 1 saturated heterocycles. The van der Waals surface area contributed by atoms with E-state index < -0.39 is 6.10 Å². The van der Waals surface area contributed by atoms with Gasteiger partial charge in [0.1, 0.15) is 17.7 Å². The van der Waals surface area contributed by atoms with Gasteiger partial charge in [0.05, 0.1) is 20.3 Å². The summed E-state index contributed by atoms with van der Waals surface area (Å²) < 4.78 is 10.5. The molecule has 1 atom stereocenters. The fourth-order valence-electron chi connectivity index (χ4n) is 2.26. The maximum absolute atomic E-state index is 12.0. The number of halogens is 1. The van der Waals surface area contributed by atoms with Gasteiger partial charge < -0.3 is 20.1 Å². The Labute approximate surface area is 145 Å². The molecule has 2 heterocycles. The van der Waals surface area contributed by atoms with E-state index in [1.807, 2.05) is 24.3 Å². The molecule has 3 rings (SSSR count). The average Bonchev–Trinajstić information content (AvgIpc) is 3.09. The number of benzene rings is 1. The van der Waals surface area contributed by atoms with Crippen LogP contribution in [0.5, 0.6) is 5.75 Å². The van der Waals surface area contributed by atoms with Crippen LogP contribution in [-0.4, -0.2) is 54.0 Å². The molecule has 130 valence electrons. The van der Waals surface area contributed by atoms with Crippen LogP contribution >= 0.6 is 12.4 Å². The summed E-state index contributed by atoms with van der Waals surface area (Å²) in [6.07, 6.45) is -0.451. The number of morpholine rings is 1. The molecule has 24 heavy (non-hydrogen) atoms. The maximum Gasteiger partial charge on any atom is 0.250 e. The van der Waals surface area contributed by atoms with Gasteiger partial charge in [0, 0.05) is 18.7 Å². The van der Waals surface area contributed by atoms with E-state index >= 15 is 0 Å². The molecule has 1 amide bonds. The molecule has 9 heteroatoms. The number of aromatic amines is 1. The minimum Gasteiger partial charge on any atom is -0.497 e. The standard InChI is InChI=1S/C15H19N5O3.ClH/c1-22-11-4-2-10(3-5-11)14-18-13(19-20-14)9-17-15(21)12-8-16-6-7-23-12;/h2-5,12,16H,6-9H2,1H3,(H,17,21)(H,18,19,20);1H. The summed E-state index contributed by atoms with van der Waals surface area (Å²) >= 11 is 0. The smallest absolute Gasteiger partial charge is 0.250 e. The summed E-state index contributed by atoms with van der Waals surface area (Å²) in [6.45, 7) is 2.13. The number of carbonyl (C=O) groups excluding carboxylic acids is 1. The fourth-order valence-corrected chi connectivity index (χ4v) is 2.26. The zero-order valence-corrected chi connectivity index (χ0v) is 14.1. The molecule has 0 radical (unpaired) electrons. The zero-order chi connectivity index (χ0) is 16.1. The SMILES string of the molecule is COc1ccc(-c2n[nH]c(CNC(=O)C3CNCCO3)n2)cc1.Cl. The summed E-state index contributed by atoms with van der Waals surface area (Å²) in [7, 11) is 1.62. The lowest BCUT2D eigenvalue weighted by atomic mass is 10.2. The fraction of sp³-hybridized carbons (Fsp3) is 0.400. The molecule has 1 aliphatic heterocycles. The summed E-state index contributed by atoms with van der Waals surface area (Å²) in [5, 5.41) is 12.9. The average molecular weight is 354 g/mol. The van der Waals surface area contributed by atoms with Crippen LogP contribution in [0.15, 0.2) is 24.3 Å². The quantitative estimate of drug-likeness (QED) is 0.724. The second-order valence-electron chi connectivity index (χ2n) is 5.12. The molecule has 1 aromatic carbocycles. The van der Waals surface area contributed by atoms with E-state index in [-0.39, 0.29) is 24.9 Å². The molecule has 0 aliphatic carbocycles. The van der Waals surface area contributed by atoms with Crippen molar-refractivity contribution in [2.75, 3.05) is 26.8 Å². The number of amides is 1. The van der Waals surface area contributed by atoms with E-state index in [4.69, 9.17) is 9.47 Å². The molecule has 1 fully saturated rings. The first kappa shape index (κ1) is 18.2. The van der Waals surface area contributed by atoms with Gasteiger partial charge in [-0.1, -0.05) is 0 Å². The van der Waals surface area contributed by atoms with Gasteiger partial charge in [0.15, 0.2) is 5.82 Å². The number of nitrogens with zero attached hydrogens (tertiary/aromatic N) is 2.